The summed E-state index contributed by atoms with van der Waals surface area (Å²) in [4.78, 5) is 2.50. The number of aryl methyl sites for hydroxylation is 1. The fraction of sp³-hybridized carbons (Fsp3) is 0.500. The van der Waals surface area contributed by atoms with Crippen LogP contribution in [0.5, 0.6) is 0 Å². The summed E-state index contributed by atoms with van der Waals surface area (Å²) in [5, 5.41) is 0. The molecule has 1 heteroatoms. The summed E-state index contributed by atoms with van der Waals surface area (Å²) >= 11 is 0. The fourth-order valence-electron chi connectivity index (χ4n) is 2.22. The average Bonchev–Trinajstić information content (AvgIpc) is 2.39. The first-order valence-corrected chi connectivity index (χ1v) is 6.58. The molecule has 0 atom stereocenters. The van der Waals surface area contributed by atoms with E-state index >= 15 is 0 Å². The summed E-state index contributed by atoms with van der Waals surface area (Å²) in [6, 6.07) is 8.49. The second-order valence-electron chi connectivity index (χ2n) is 4.84. The average molecular weight is 227 g/mol. The molecule has 90 valence electrons. The predicted octanol–water partition coefficient (Wildman–Crippen LogP) is 3.08. The Labute approximate surface area is 105 Å². The van der Waals surface area contributed by atoms with Crippen LogP contribution in [0.3, 0.4) is 0 Å². The number of hydrogen-bond donors (Lipinski definition) is 0. The molecule has 0 spiro atoms. The molecule has 0 aromatic heterocycles. The van der Waals surface area contributed by atoms with Gasteiger partial charge in [0.15, 0.2) is 0 Å². The molecule has 1 aliphatic heterocycles. The molecule has 0 bridgehead atoms. The van der Waals surface area contributed by atoms with Gasteiger partial charge in [-0.3, -0.25) is 0 Å². The van der Waals surface area contributed by atoms with Gasteiger partial charge in [0, 0.05) is 11.5 Å². The van der Waals surface area contributed by atoms with Crippen molar-refractivity contribution in [1.82, 2.24) is 4.90 Å². The largest absolute Gasteiger partial charge is 0.304 e. The number of nitrogens with zero attached hydrogens (tertiary/aromatic N) is 1. The minimum absolute atomic E-state index is 0.596. The SMILES string of the molecule is CCN1CCC(C#Cc2ccc(C)cc2)CC1. The third-order valence-corrected chi connectivity index (χ3v) is 3.51. The van der Waals surface area contributed by atoms with Crippen molar-refractivity contribution in [3.63, 3.8) is 0 Å². The molecule has 1 nitrogen and oxygen atoms in total. The van der Waals surface area contributed by atoms with Gasteiger partial charge < -0.3 is 4.90 Å². The molecule has 0 amide bonds. The molecule has 1 heterocycles. The highest BCUT2D eigenvalue weighted by Crippen LogP contribution is 2.16. The van der Waals surface area contributed by atoms with Gasteiger partial charge in [0.25, 0.3) is 0 Å². The van der Waals surface area contributed by atoms with Crippen molar-refractivity contribution in [2.75, 3.05) is 19.6 Å². The first-order chi connectivity index (χ1) is 8.28. The fourth-order valence-corrected chi connectivity index (χ4v) is 2.22. The van der Waals surface area contributed by atoms with Crippen molar-refractivity contribution < 1.29 is 0 Å². The maximum atomic E-state index is 3.43. The first-order valence-electron chi connectivity index (χ1n) is 6.58. The van der Waals surface area contributed by atoms with Crippen molar-refractivity contribution >= 4 is 0 Å². The number of likely N-dealkylation sites (tertiary alicyclic amines) is 1. The van der Waals surface area contributed by atoms with Crippen molar-refractivity contribution in [3.8, 4) is 11.8 Å². The van der Waals surface area contributed by atoms with E-state index in [1.54, 1.807) is 0 Å². The smallest absolute Gasteiger partial charge is 0.0245 e. The number of rotatable bonds is 1. The minimum atomic E-state index is 0.596. The van der Waals surface area contributed by atoms with Gasteiger partial charge in [-0.25, -0.2) is 0 Å². The third kappa shape index (κ3) is 3.61. The monoisotopic (exact) mass is 227 g/mol. The van der Waals surface area contributed by atoms with Crippen molar-refractivity contribution in [1.29, 1.82) is 0 Å². The maximum absolute atomic E-state index is 3.43. The zero-order valence-electron chi connectivity index (χ0n) is 10.9. The Balaban J connectivity index is 1.92. The second-order valence-corrected chi connectivity index (χ2v) is 4.84. The Morgan fingerprint density at radius 3 is 2.41 bits per heavy atom. The second kappa shape index (κ2) is 5.89. The molecule has 1 fully saturated rings. The molecule has 0 N–H and O–H groups in total. The predicted molar refractivity (Wildman–Crippen MR) is 72.9 cm³/mol. The highest BCUT2D eigenvalue weighted by molar-refractivity contribution is 5.36. The van der Waals surface area contributed by atoms with Crippen LogP contribution in [0.1, 0.15) is 30.9 Å². The Morgan fingerprint density at radius 1 is 1.18 bits per heavy atom. The molecule has 0 radical (unpaired) electrons. The van der Waals surface area contributed by atoms with Crippen LogP contribution in [-0.4, -0.2) is 24.5 Å². The van der Waals surface area contributed by atoms with Crippen LogP contribution in [0.15, 0.2) is 24.3 Å². The van der Waals surface area contributed by atoms with Crippen LogP contribution in [0, 0.1) is 24.7 Å². The Kier molecular flexibility index (Phi) is 4.23. The van der Waals surface area contributed by atoms with Gasteiger partial charge in [0.1, 0.15) is 0 Å². The minimum Gasteiger partial charge on any atom is -0.304 e. The molecule has 0 unspecified atom stereocenters. The van der Waals surface area contributed by atoms with Crippen LogP contribution >= 0.6 is 0 Å². The summed E-state index contributed by atoms with van der Waals surface area (Å²) in [5.74, 6) is 7.33. The number of piperidine rings is 1. The van der Waals surface area contributed by atoms with Crippen molar-refractivity contribution in [2.45, 2.75) is 26.7 Å². The Bertz CT molecular complexity index is 399. The van der Waals surface area contributed by atoms with E-state index in [-0.39, 0.29) is 0 Å². The standard InChI is InChI=1S/C16H21N/c1-3-17-12-10-16(11-13-17)9-8-15-6-4-14(2)5-7-15/h4-7,16H,3,10-13H2,1-2H3. The van der Waals surface area contributed by atoms with E-state index in [0.717, 1.165) is 5.56 Å². The summed E-state index contributed by atoms with van der Waals surface area (Å²) in [6.45, 7) is 7.95. The lowest BCUT2D eigenvalue weighted by atomic mass is 9.97. The van der Waals surface area contributed by atoms with Gasteiger partial charge in [-0.15, -0.1) is 0 Å². The van der Waals surface area contributed by atoms with E-state index in [2.05, 4.69) is 54.9 Å². The lowest BCUT2D eigenvalue weighted by molar-refractivity contribution is 0.216. The first kappa shape index (κ1) is 12.2. The number of hydrogen-bond acceptors (Lipinski definition) is 1. The van der Waals surface area contributed by atoms with Crippen LogP contribution in [0.4, 0.5) is 0 Å². The van der Waals surface area contributed by atoms with Gasteiger partial charge in [-0.05, 0) is 51.5 Å². The molecule has 0 aliphatic carbocycles. The normalized spacial score (nSPS) is 17.5. The summed E-state index contributed by atoms with van der Waals surface area (Å²) < 4.78 is 0. The summed E-state index contributed by atoms with van der Waals surface area (Å²) in [6.07, 6.45) is 2.46. The molecule has 1 aromatic rings. The van der Waals surface area contributed by atoms with Gasteiger partial charge in [-0.2, -0.15) is 0 Å². The third-order valence-electron chi connectivity index (χ3n) is 3.51. The van der Waals surface area contributed by atoms with E-state index < -0.39 is 0 Å². The maximum Gasteiger partial charge on any atom is 0.0245 e. The van der Waals surface area contributed by atoms with E-state index in [9.17, 15) is 0 Å². The van der Waals surface area contributed by atoms with Gasteiger partial charge >= 0.3 is 0 Å². The molecule has 1 saturated heterocycles. The zero-order chi connectivity index (χ0) is 12.1. The van der Waals surface area contributed by atoms with E-state index in [1.807, 2.05) is 0 Å². The van der Waals surface area contributed by atoms with E-state index in [4.69, 9.17) is 0 Å². The van der Waals surface area contributed by atoms with Crippen LogP contribution in [-0.2, 0) is 0 Å². The van der Waals surface area contributed by atoms with E-state index in [1.165, 1.54) is 38.0 Å². The van der Waals surface area contributed by atoms with E-state index in [0.29, 0.717) is 5.92 Å². The lowest BCUT2D eigenvalue weighted by Crippen LogP contribution is -2.32. The van der Waals surface area contributed by atoms with Gasteiger partial charge in [0.2, 0.25) is 0 Å². The molecule has 1 aromatic carbocycles. The molecule has 17 heavy (non-hydrogen) atoms. The number of benzene rings is 1. The van der Waals surface area contributed by atoms with Crippen molar-refractivity contribution in [3.05, 3.63) is 35.4 Å². The molecule has 2 rings (SSSR count). The quantitative estimate of drug-likeness (QED) is 0.666. The van der Waals surface area contributed by atoms with Crippen molar-refractivity contribution in [2.24, 2.45) is 5.92 Å². The molecule has 0 saturated carbocycles. The molecular formula is C16H21N. The Hall–Kier alpha value is -1.26. The summed E-state index contributed by atoms with van der Waals surface area (Å²) in [5.41, 5.74) is 2.44. The molecular weight excluding hydrogens is 206 g/mol. The Morgan fingerprint density at radius 2 is 1.82 bits per heavy atom. The summed E-state index contributed by atoms with van der Waals surface area (Å²) in [7, 11) is 0. The topological polar surface area (TPSA) is 3.24 Å². The highest BCUT2D eigenvalue weighted by Gasteiger charge is 2.15. The lowest BCUT2D eigenvalue weighted by Gasteiger charge is -2.28. The zero-order valence-corrected chi connectivity index (χ0v) is 10.9. The molecule has 1 aliphatic rings. The highest BCUT2D eigenvalue weighted by atomic mass is 15.1. The van der Waals surface area contributed by atoms with Crippen LogP contribution in [0.25, 0.3) is 0 Å². The van der Waals surface area contributed by atoms with Crippen LogP contribution < -0.4 is 0 Å². The van der Waals surface area contributed by atoms with Gasteiger partial charge in [-0.1, -0.05) is 36.5 Å². The van der Waals surface area contributed by atoms with Crippen LogP contribution in [0.2, 0.25) is 0 Å². The van der Waals surface area contributed by atoms with Gasteiger partial charge in [0.05, 0.1) is 0 Å².